The summed E-state index contributed by atoms with van der Waals surface area (Å²) in [7, 11) is 1.59. The molecule has 1 saturated heterocycles. The molecule has 2 amide bonds. The van der Waals surface area contributed by atoms with Gasteiger partial charge in [0, 0.05) is 50.7 Å². The van der Waals surface area contributed by atoms with Crippen LogP contribution in [0.5, 0.6) is 0 Å². The van der Waals surface area contributed by atoms with Gasteiger partial charge >= 0.3 is 0 Å². The van der Waals surface area contributed by atoms with Gasteiger partial charge in [-0.15, -0.1) is 0 Å². The molecule has 2 aromatic rings. The molecule has 0 aliphatic carbocycles. The molecule has 0 spiro atoms. The highest BCUT2D eigenvalue weighted by Crippen LogP contribution is 2.27. The second-order valence-corrected chi connectivity index (χ2v) is 6.81. The molecule has 1 aliphatic rings. The summed E-state index contributed by atoms with van der Waals surface area (Å²) in [6.07, 6.45) is 6.32. The smallest absolute Gasteiger partial charge is 0.257 e. The predicted molar refractivity (Wildman–Crippen MR) is 103 cm³/mol. The van der Waals surface area contributed by atoms with Crippen LogP contribution in [0.2, 0.25) is 0 Å². The number of hydrogen-bond acceptors (Lipinski definition) is 6. The van der Waals surface area contributed by atoms with Gasteiger partial charge in [-0.1, -0.05) is 0 Å². The average Bonchev–Trinajstić information content (AvgIpc) is 2.74. The molecule has 3 heterocycles. The maximum Gasteiger partial charge on any atom is 0.257 e. The summed E-state index contributed by atoms with van der Waals surface area (Å²) in [6.45, 7) is 4.09. The molecule has 2 aromatic heterocycles. The highest BCUT2D eigenvalue weighted by Gasteiger charge is 2.26. The third-order valence-electron chi connectivity index (χ3n) is 4.98. The van der Waals surface area contributed by atoms with E-state index in [-0.39, 0.29) is 17.7 Å². The number of rotatable bonds is 6. The van der Waals surface area contributed by atoms with E-state index in [1.807, 2.05) is 17.9 Å². The maximum absolute atomic E-state index is 12.7. The van der Waals surface area contributed by atoms with Crippen LogP contribution >= 0.6 is 0 Å². The molecule has 0 bridgehead atoms. The van der Waals surface area contributed by atoms with Gasteiger partial charge < -0.3 is 15.0 Å². The molecule has 0 radical (unpaired) electrons. The minimum Gasteiger partial charge on any atom is -0.383 e. The SMILES string of the molecule is COCCNC(=O)c1ccc(C2CCN(C(=O)c3cncnc3C)CC2)nc1. The minimum absolute atomic E-state index is 0.0208. The molecule has 148 valence electrons. The first-order chi connectivity index (χ1) is 13.6. The van der Waals surface area contributed by atoms with Crippen molar-refractivity contribution in [3.05, 3.63) is 53.4 Å². The van der Waals surface area contributed by atoms with E-state index in [0.29, 0.717) is 43.1 Å². The monoisotopic (exact) mass is 383 g/mol. The highest BCUT2D eigenvalue weighted by atomic mass is 16.5. The first kappa shape index (κ1) is 19.9. The third kappa shape index (κ3) is 4.69. The summed E-state index contributed by atoms with van der Waals surface area (Å²) in [4.78, 5) is 39.1. The van der Waals surface area contributed by atoms with Gasteiger partial charge in [0.1, 0.15) is 6.33 Å². The molecule has 0 unspecified atom stereocenters. The van der Waals surface area contributed by atoms with Crippen LogP contribution in [0.4, 0.5) is 0 Å². The normalized spacial score (nSPS) is 14.7. The summed E-state index contributed by atoms with van der Waals surface area (Å²) >= 11 is 0. The number of aryl methyl sites for hydroxylation is 1. The third-order valence-corrected chi connectivity index (χ3v) is 4.98. The fourth-order valence-corrected chi connectivity index (χ4v) is 3.30. The summed E-state index contributed by atoms with van der Waals surface area (Å²) < 4.78 is 4.92. The number of nitrogens with one attached hydrogen (secondary N) is 1. The number of ether oxygens (including phenoxy) is 1. The largest absolute Gasteiger partial charge is 0.383 e. The number of methoxy groups -OCH3 is 1. The Morgan fingerprint density at radius 2 is 2.00 bits per heavy atom. The van der Waals surface area contributed by atoms with Crippen LogP contribution in [0.1, 0.15) is 50.9 Å². The average molecular weight is 383 g/mol. The first-order valence-corrected chi connectivity index (χ1v) is 9.39. The van der Waals surface area contributed by atoms with Crippen molar-refractivity contribution < 1.29 is 14.3 Å². The van der Waals surface area contributed by atoms with Crippen molar-refractivity contribution in [3.8, 4) is 0 Å². The lowest BCUT2D eigenvalue weighted by molar-refractivity contribution is 0.0710. The van der Waals surface area contributed by atoms with Crippen molar-refractivity contribution in [2.45, 2.75) is 25.7 Å². The molecule has 3 rings (SSSR count). The molecular formula is C20H25N5O3. The molecule has 1 fully saturated rings. The molecule has 1 aliphatic heterocycles. The maximum atomic E-state index is 12.7. The fraction of sp³-hybridized carbons (Fsp3) is 0.450. The molecular weight excluding hydrogens is 358 g/mol. The molecule has 0 atom stereocenters. The van der Waals surface area contributed by atoms with Crippen LogP contribution in [0.15, 0.2) is 30.9 Å². The van der Waals surface area contributed by atoms with E-state index < -0.39 is 0 Å². The van der Waals surface area contributed by atoms with Crippen LogP contribution < -0.4 is 5.32 Å². The van der Waals surface area contributed by atoms with Crippen LogP contribution in [0, 0.1) is 6.92 Å². The Labute approximate surface area is 164 Å². The van der Waals surface area contributed by atoms with E-state index in [2.05, 4.69) is 20.3 Å². The van der Waals surface area contributed by atoms with Gasteiger partial charge in [0.2, 0.25) is 0 Å². The van der Waals surface area contributed by atoms with Crippen molar-refractivity contribution in [3.63, 3.8) is 0 Å². The van der Waals surface area contributed by atoms with E-state index in [0.717, 1.165) is 18.5 Å². The van der Waals surface area contributed by atoms with E-state index in [4.69, 9.17) is 4.74 Å². The molecule has 0 aromatic carbocycles. The molecule has 0 saturated carbocycles. The van der Waals surface area contributed by atoms with E-state index in [9.17, 15) is 9.59 Å². The Kier molecular flexibility index (Phi) is 6.65. The number of likely N-dealkylation sites (tertiary alicyclic amines) is 1. The standard InChI is InChI=1S/C20H25N5O3/c1-14-17(12-21-13-24-14)20(27)25-8-5-15(6-9-25)18-4-3-16(11-23-18)19(26)22-7-10-28-2/h3-4,11-13,15H,5-10H2,1-2H3,(H,22,26). The number of hydrogen-bond donors (Lipinski definition) is 1. The molecule has 8 nitrogen and oxygen atoms in total. The van der Waals surface area contributed by atoms with Gasteiger partial charge in [-0.25, -0.2) is 9.97 Å². The van der Waals surface area contributed by atoms with Gasteiger partial charge in [0.25, 0.3) is 11.8 Å². The van der Waals surface area contributed by atoms with E-state index in [1.165, 1.54) is 6.33 Å². The summed E-state index contributed by atoms with van der Waals surface area (Å²) in [5.41, 5.74) is 2.75. The van der Waals surface area contributed by atoms with Gasteiger partial charge in [-0.3, -0.25) is 14.6 Å². The molecule has 8 heteroatoms. The Bertz CT molecular complexity index is 817. The van der Waals surface area contributed by atoms with Crippen molar-refractivity contribution in [2.75, 3.05) is 33.4 Å². The number of carbonyl (C=O) groups is 2. The lowest BCUT2D eigenvalue weighted by atomic mass is 9.92. The Morgan fingerprint density at radius 3 is 2.64 bits per heavy atom. The molecule has 28 heavy (non-hydrogen) atoms. The Balaban J connectivity index is 1.55. The number of piperidine rings is 1. The lowest BCUT2D eigenvalue weighted by Crippen LogP contribution is -2.38. The number of aromatic nitrogens is 3. The summed E-state index contributed by atoms with van der Waals surface area (Å²) in [5.74, 6) is 0.104. The number of amides is 2. The number of pyridine rings is 1. The zero-order chi connectivity index (χ0) is 19.9. The number of nitrogens with zero attached hydrogens (tertiary/aromatic N) is 4. The summed E-state index contributed by atoms with van der Waals surface area (Å²) in [5, 5.41) is 2.78. The predicted octanol–water partition coefficient (Wildman–Crippen LogP) is 1.58. The van der Waals surface area contributed by atoms with Crippen LogP contribution in [-0.4, -0.2) is 65.0 Å². The zero-order valence-corrected chi connectivity index (χ0v) is 16.2. The fourth-order valence-electron chi connectivity index (χ4n) is 3.30. The minimum atomic E-state index is -0.156. The van der Waals surface area contributed by atoms with E-state index in [1.54, 1.807) is 25.6 Å². The van der Waals surface area contributed by atoms with Gasteiger partial charge in [-0.2, -0.15) is 0 Å². The van der Waals surface area contributed by atoms with Crippen LogP contribution in [0.25, 0.3) is 0 Å². The first-order valence-electron chi connectivity index (χ1n) is 9.39. The van der Waals surface area contributed by atoms with E-state index >= 15 is 0 Å². The number of carbonyl (C=O) groups excluding carboxylic acids is 2. The Hall–Kier alpha value is -2.87. The quantitative estimate of drug-likeness (QED) is 0.761. The zero-order valence-electron chi connectivity index (χ0n) is 16.2. The second-order valence-electron chi connectivity index (χ2n) is 6.81. The van der Waals surface area contributed by atoms with Gasteiger partial charge in [0.15, 0.2) is 0 Å². The summed E-state index contributed by atoms with van der Waals surface area (Å²) in [6, 6.07) is 3.70. The van der Waals surface area contributed by atoms with Crippen LogP contribution in [0.3, 0.4) is 0 Å². The lowest BCUT2D eigenvalue weighted by Gasteiger charge is -2.32. The van der Waals surface area contributed by atoms with Crippen molar-refractivity contribution >= 4 is 11.8 Å². The highest BCUT2D eigenvalue weighted by molar-refractivity contribution is 5.95. The second kappa shape index (κ2) is 9.36. The van der Waals surface area contributed by atoms with Gasteiger partial charge in [-0.05, 0) is 31.9 Å². The van der Waals surface area contributed by atoms with Crippen LogP contribution in [-0.2, 0) is 4.74 Å². The van der Waals surface area contributed by atoms with Crippen molar-refractivity contribution in [1.82, 2.24) is 25.2 Å². The Morgan fingerprint density at radius 1 is 1.21 bits per heavy atom. The van der Waals surface area contributed by atoms with Crippen molar-refractivity contribution in [1.29, 1.82) is 0 Å². The molecule has 1 N–H and O–H groups in total. The van der Waals surface area contributed by atoms with Gasteiger partial charge in [0.05, 0.1) is 23.4 Å². The van der Waals surface area contributed by atoms with Crippen molar-refractivity contribution in [2.24, 2.45) is 0 Å². The topological polar surface area (TPSA) is 97.3 Å².